The molecule has 0 aliphatic rings. The third-order valence-electron chi connectivity index (χ3n) is 3.13. The molecule has 1 unspecified atom stereocenters. The van der Waals surface area contributed by atoms with Crippen LogP contribution in [0.5, 0.6) is 0 Å². The minimum Gasteiger partial charge on any atom is -0.481 e. The Morgan fingerprint density at radius 1 is 1.12 bits per heavy atom. The molecule has 0 bridgehead atoms. The topological polar surface area (TPSA) is 142 Å². The molecule has 25 heavy (non-hydrogen) atoms. The van der Waals surface area contributed by atoms with Crippen LogP contribution in [0.3, 0.4) is 0 Å². The lowest BCUT2D eigenvalue weighted by atomic mass is 9.95. The minimum absolute atomic E-state index is 0.0992. The highest BCUT2D eigenvalue weighted by Crippen LogP contribution is 2.18. The molecule has 0 aromatic heterocycles. The number of nitrogens with two attached hydrogens (primary N) is 2. The Labute approximate surface area is 146 Å². The number of carboxylic acid groups (broad SMARTS) is 1. The Hall–Kier alpha value is -2.45. The maximum absolute atomic E-state index is 12.1. The lowest BCUT2D eigenvalue weighted by molar-refractivity contribution is -0.166. The van der Waals surface area contributed by atoms with Gasteiger partial charge >= 0.3 is 17.9 Å². The van der Waals surface area contributed by atoms with Crippen molar-refractivity contribution in [1.29, 1.82) is 0 Å². The lowest BCUT2D eigenvalue weighted by Crippen LogP contribution is -2.60. The third kappa shape index (κ3) is 6.90. The van der Waals surface area contributed by atoms with Crippen molar-refractivity contribution in [2.24, 2.45) is 17.4 Å². The van der Waals surface area contributed by atoms with Gasteiger partial charge < -0.3 is 26.0 Å². The molecule has 1 aromatic carbocycles. The maximum atomic E-state index is 12.1. The van der Waals surface area contributed by atoms with Crippen molar-refractivity contribution >= 4 is 17.9 Å². The number of benzene rings is 1. The van der Waals surface area contributed by atoms with Crippen molar-refractivity contribution < 1.29 is 29.0 Å². The van der Waals surface area contributed by atoms with Gasteiger partial charge in [0.25, 0.3) is 0 Å². The van der Waals surface area contributed by atoms with Crippen LogP contribution in [0.25, 0.3) is 0 Å². The number of carbonyl (C=O) groups is 3. The van der Waals surface area contributed by atoms with Crippen LogP contribution < -0.4 is 11.5 Å². The first kappa shape index (κ1) is 20.6. The van der Waals surface area contributed by atoms with Crippen LogP contribution in [0.1, 0.15) is 32.8 Å². The molecule has 8 heteroatoms. The summed E-state index contributed by atoms with van der Waals surface area (Å²) in [6.07, 6.45) is -0.648. The van der Waals surface area contributed by atoms with Gasteiger partial charge in [-0.2, -0.15) is 0 Å². The second-order valence-corrected chi connectivity index (χ2v) is 6.73. The fourth-order valence-electron chi connectivity index (χ4n) is 1.89. The number of ether oxygens (including phenoxy) is 2. The lowest BCUT2D eigenvalue weighted by Gasteiger charge is -2.29. The molecule has 1 atom stereocenters. The molecular weight excluding hydrogens is 328 g/mol. The Morgan fingerprint density at radius 3 is 2.16 bits per heavy atom. The second kappa shape index (κ2) is 8.09. The molecule has 0 aliphatic carbocycles. The van der Waals surface area contributed by atoms with Gasteiger partial charge in [0.1, 0.15) is 12.2 Å². The fourth-order valence-corrected chi connectivity index (χ4v) is 1.89. The molecule has 5 N–H and O–H groups in total. The quantitative estimate of drug-likeness (QED) is 0.371. The van der Waals surface area contributed by atoms with Gasteiger partial charge in [0.15, 0.2) is 11.6 Å². The van der Waals surface area contributed by atoms with E-state index in [1.165, 1.54) is 0 Å². The van der Waals surface area contributed by atoms with Crippen molar-refractivity contribution in [3.05, 3.63) is 35.9 Å². The molecule has 0 amide bonds. The molecule has 0 aliphatic heterocycles. The molecule has 0 radical (unpaired) electrons. The molecule has 0 heterocycles. The van der Waals surface area contributed by atoms with Gasteiger partial charge in [0.05, 0.1) is 0 Å². The summed E-state index contributed by atoms with van der Waals surface area (Å²) >= 11 is 0. The van der Waals surface area contributed by atoms with Crippen LogP contribution >= 0.6 is 0 Å². The van der Waals surface area contributed by atoms with Crippen LogP contribution in [0.2, 0.25) is 0 Å². The molecule has 8 nitrogen and oxygen atoms in total. The van der Waals surface area contributed by atoms with E-state index < -0.39 is 41.5 Å². The number of carboxylic acids is 1. The van der Waals surface area contributed by atoms with E-state index in [-0.39, 0.29) is 6.61 Å². The van der Waals surface area contributed by atoms with E-state index in [2.05, 4.69) is 0 Å². The summed E-state index contributed by atoms with van der Waals surface area (Å²) in [5, 5.41) is 9.25. The van der Waals surface area contributed by atoms with Crippen LogP contribution in [-0.2, 0) is 30.5 Å². The van der Waals surface area contributed by atoms with Crippen LogP contribution in [0.4, 0.5) is 0 Å². The van der Waals surface area contributed by atoms with E-state index in [1.54, 1.807) is 51.1 Å². The summed E-state index contributed by atoms with van der Waals surface area (Å²) in [5.41, 5.74) is 9.07. The Balaban J connectivity index is 2.76. The first-order valence-corrected chi connectivity index (χ1v) is 7.67. The normalized spacial score (nSPS) is 13.0. The minimum atomic E-state index is -2.14. The zero-order valence-corrected chi connectivity index (χ0v) is 14.5. The average molecular weight is 352 g/mol. The van der Waals surface area contributed by atoms with Gasteiger partial charge in [-0.3, -0.25) is 9.59 Å². The monoisotopic (exact) mass is 352 g/mol. The van der Waals surface area contributed by atoms with Crippen molar-refractivity contribution in [1.82, 2.24) is 0 Å². The summed E-state index contributed by atoms with van der Waals surface area (Å²) < 4.78 is 10.1. The van der Waals surface area contributed by atoms with Gasteiger partial charge in [0, 0.05) is 6.42 Å². The van der Waals surface area contributed by atoms with Crippen molar-refractivity contribution in [3.63, 3.8) is 0 Å². The molecule has 0 saturated heterocycles. The summed E-state index contributed by atoms with van der Waals surface area (Å²) in [6, 6.07) is 8.75. The molecule has 1 aromatic rings. The molecule has 0 spiro atoms. The molecule has 0 saturated carbocycles. The van der Waals surface area contributed by atoms with Gasteiger partial charge in [-0.25, -0.2) is 4.79 Å². The largest absolute Gasteiger partial charge is 0.481 e. The van der Waals surface area contributed by atoms with Gasteiger partial charge in [0.2, 0.25) is 0 Å². The zero-order chi connectivity index (χ0) is 19.3. The number of aliphatic carboxylic acids is 1. The molecule has 138 valence electrons. The second-order valence-electron chi connectivity index (χ2n) is 6.73. The van der Waals surface area contributed by atoms with E-state index in [1.807, 2.05) is 0 Å². The van der Waals surface area contributed by atoms with E-state index >= 15 is 0 Å². The average Bonchev–Trinajstić information content (AvgIpc) is 2.49. The van der Waals surface area contributed by atoms with E-state index in [9.17, 15) is 19.5 Å². The Kier molecular flexibility index (Phi) is 6.66. The summed E-state index contributed by atoms with van der Waals surface area (Å²) in [6.45, 7) is 4.75. The molecule has 1 rings (SSSR count). The highest BCUT2D eigenvalue weighted by Gasteiger charge is 2.42. The first-order chi connectivity index (χ1) is 11.4. The maximum Gasteiger partial charge on any atom is 0.341 e. The molecule has 0 fully saturated rings. The van der Waals surface area contributed by atoms with E-state index in [4.69, 9.17) is 20.9 Å². The van der Waals surface area contributed by atoms with Crippen LogP contribution in [-0.4, -0.2) is 34.3 Å². The van der Waals surface area contributed by atoms with E-state index in [0.717, 1.165) is 0 Å². The number of hydrogen-bond acceptors (Lipinski definition) is 7. The summed E-state index contributed by atoms with van der Waals surface area (Å²) in [4.78, 5) is 35.5. The summed E-state index contributed by atoms with van der Waals surface area (Å²) in [7, 11) is 0. The zero-order valence-electron chi connectivity index (χ0n) is 14.5. The van der Waals surface area contributed by atoms with Gasteiger partial charge in [-0.05, 0) is 26.3 Å². The predicted octanol–water partition coefficient (Wildman–Crippen LogP) is 0.776. The highest BCUT2D eigenvalue weighted by atomic mass is 16.6. The summed E-state index contributed by atoms with van der Waals surface area (Å²) in [5.74, 6) is -5.20. The van der Waals surface area contributed by atoms with Crippen molar-refractivity contribution in [2.45, 2.75) is 45.1 Å². The number of carbonyl (C=O) groups excluding carboxylic acids is 2. The first-order valence-electron chi connectivity index (χ1n) is 7.67. The SMILES string of the molecule is CC(C)(C)OC(=O)C(N)(N)CC(C(=O)O)C(=O)OCc1ccccc1. The van der Waals surface area contributed by atoms with Crippen LogP contribution in [0.15, 0.2) is 30.3 Å². The fraction of sp³-hybridized carbons (Fsp3) is 0.471. The number of rotatable bonds is 7. The number of hydrogen-bond donors (Lipinski definition) is 3. The number of esters is 2. The Bertz CT molecular complexity index is 622. The standard InChI is InChI=1S/C17H24N2O6/c1-16(2,3)25-15(23)17(18,19)9-12(13(20)21)14(22)24-10-11-7-5-4-6-8-11/h4-8,12H,9-10,18-19H2,1-3H3,(H,20,21). The predicted molar refractivity (Wildman–Crippen MR) is 88.9 cm³/mol. The van der Waals surface area contributed by atoms with Gasteiger partial charge in [-0.15, -0.1) is 0 Å². The highest BCUT2D eigenvalue weighted by molar-refractivity contribution is 5.95. The van der Waals surface area contributed by atoms with Crippen molar-refractivity contribution in [2.75, 3.05) is 0 Å². The third-order valence-corrected chi connectivity index (χ3v) is 3.13. The Morgan fingerprint density at radius 2 is 1.68 bits per heavy atom. The van der Waals surface area contributed by atoms with Crippen LogP contribution in [0, 0.1) is 5.92 Å². The van der Waals surface area contributed by atoms with E-state index in [0.29, 0.717) is 5.56 Å². The van der Waals surface area contributed by atoms with Crippen molar-refractivity contribution in [3.8, 4) is 0 Å². The van der Waals surface area contributed by atoms with Gasteiger partial charge in [-0.1, -0.05) is 30.3 Å². The smallest absolute Gasteiger partial charge is 0.341 e. The molecular formula is C17H24N2O6.